The van der Waals surface area contributed by atoms with Gasteiger partial charge in [-0.05, 0) is 48.4 Å². The molecule has 3 aromatic carbocycles. The first-order chi connectivity index (χ1) is 14.6. The average molecular weight is 400 g/mol. The van der Waals surface area contributed by atoms with Gasteiger partial charge in [-0.25, -0.2) is 0 Å². The number of esters is 1. The fourth-order valence-corrected chi connectivity index (χ4v) is 3.14. The van der Waals surface area contributed by atoms with Gasteiger partial charge in [-0.2, -0.15) is 0 Å². The van der Waals surface area contributed by atoms with E-state index < -0.39 is 0 Å². The molecular formula is C25H20O5. The third-order valence-electron chi connectivity index (χ3n) is 4.55. The van der Waals surface area contributed by atoms with E-state index in [1.807, 2.05) is 61.5 Å². The molecule has 5 heteroatoms. The van der Waals surface area contributed by atoms with Crippen molar-refractivity contribution in [3.63, 3.8) is 0 Å². The Bertz CT molecular complexity index is 1100. The lowest BCUT2D eigenvalue weighted by Crippen LogP contribution is -2.11. The predicted molar refractivity (Wildman–Crippen MR) is 113 cm³/mol. The Hall–Kier alpha value is -3.86. The second kappa shape index (κ2) is 8.66. The summed E-state index contributed by atoms with van der Waals surface area (Å²) in [5.41, 5.74) is 2.13. The molecule has 3 aromatic rings. The van der Waals surface area contributed by atoms with E-state index in [4.69, 9.17) is 14.2 Å². The maximum absolute atomic E-state index is 12.6. The number of Topliss-reactive ketones (excluding diaryl/α,β-unsaturated/α-hetero) is 1. The molecule has 0 aliphatic carbocycles. The number of hydrogen-bond donors (Lipinski definition) is 0. The fraction of sp³-hybridized carbons (Fsp3) is 0.120. The Labute approximate surface area is 174 Å². The predicted octanol–water partition coefficient (Wildman–Crippen LogP) is 4.85. The molecule has 5 nitrogen and oxygen atoms in total. The van der Waals surface area contributed by atoms with Crippen LogP contribution in [0.25, 0.3) is 6.08 Å². The van der Waals surface area contributed by atoms with Crippen molar-refractivity contribution in [1.29, 1.82) is 0 Å². The number of ketones is 1. The van der Waals surface area contributed by atoms with Gasteiger partial charge in [-0.3, -0.25) is 9.59 Å². The molecule has 4 rings (SSSR count). The van der Waals surface area contributed by atoms with Crippen LogP contribution in [0.5, 0.6) is 17.2 Å². The molecule has 0 atom stereocenters. The molecule has 0 radical (unpaired) electrons. The lowest BCUT2D eigenvalue weighted by atomic mass is 10.1. The van der Waals surface area contributed by atoms with Crippen molar-refractivity contribution in [2.75, 3.05) is 6.61 Å². The molecule has 1 aliphatic rings. The van der Waals surface area contributed by atoms with E-state index in [-0.39, 0.29) is 23.9 Å². The molecule has 0 saturated carbocycles. The number of carbonyl (C=O) groups excluding carboxylic acids is 2. The van der Waals surface area contributed by atoms with Crippen molar-refractivity contribution in [3.8, 4) is 17.2 Å². The van der Waals surface area contributed by atoms with Crippen LogP contribution in [0.4, 0.5) is 0 Å². The first-order valence-electron chi connectivity index (χ1n) is 9.68. The molecule has 1 heterocycles. The summed E-state index contributed by atoms with van der Waals surface area (Å²) in [6.07, 6.45) is 1.85. The zero-order valence-corrected chi connectivity index (χ0v) is 16.5. The highest BCUT2D eigenvalue weighted by Gasteiger charge is 2.28. The summed E-state index contributed by atoms with van der Waals surface area (Å²) in [5, 5.41) is 0. The number of hydrogen-bond acceptors (Lipinski definition) is 5. The van der Waals surface area contributed by atoms with E-state index in [1.54, 1.807) is 24.3 Å². The second-order valence-corrected chi connectivity index (χ2v) is 6.74. The molecule has 0 fully saturated rings. The van der Waals surface area contributed by atoms with Crippen LogP contribution in [0.2, 0.25) is 0 Å². The number of ether oxygens (including phenoxy) is 3. The first-order valence-corrected chi connectivity index (χ1v) is 9.68. The molecular weight excluding hydrogens is 380 g/mol. The average Bonchev–Trinajstić information content (AvgIpc) is 3.05. The third kappa shape index (κ3) is 4.41. The highest BCUT2D eigenvalue weighted by Crippen LogP contribution is 2.35. The zero-order chi connectivity index (χ0) is 20.9. The Kier molecular flexibility index (Phi) is 5.61. The second-order valence-electron chi connectivity index (χ2n) is 6.74. The summed E-state index contributed by atoms with van der Waals surface area (Å²) in [4.78, 5) is 24.8. The van der Waals surface area contributed by atoms with Gasteiger partial charge in [0, 0.05) is 6.07 Å². The Balaban J connectivity index is 1.46. The molecule has 30 heavy (non-hydrogen) atoms. The molecule has 0 N–H and O–H groups in total. The normalized spacial score (nSPS) is 13.6. The van der Waals surface area contributed by atoms with E-state index in [1.165, 1.54) is 0 Å². The minimum Gasteiger partial charge on any atom is -0.494 e. The van der Waals surface area contributed by atoms with E-state index in [2.05, 4.69) is 0 Å². The monoisotopic (exact) mass is 400 g/mol. The van der Waals surface area contributed by atoms with E-state index in [0.717, 1.165) is 16.9 Å². The molecule has 150 valence electrons. The molecule has 0 unspecified atom stereocenters. The maximum Gasteiger partial charge on any atom is 0.315 e. The van der Waals surface area contributed by atoms with Crippen molar-refractivity contribution in [2.45, 2.75) is 13.3 Å². The number of fused-ring (bicyclic) bond motifs is 1. The standard InChI is InChI=1S/C25H20O5/c1-2-28-19-10-8-18(9-11-19)14-23-25(27)21-13-12-20(16-22(21)30-23)29-24(26)15-17-6-4-3-5-7-17/h3-14,16H,2,15H2,1H3/b23-14-. The number of benzene rings is 3. The van der Waals surface area contributed by atoms with Gasteiger partial charge in [0.1, 0.15) is 17.2 Å². The summed E-state index contributed by atoms with van der Waals surface area (Å²) in [6.45, 7) is 2.51. The van der Waals surface area contributed by atoms with Gasteiger partial charge in [-0.1, -0.05) is 42.5 Å². The molecule has 0 aromatic heterocycles. The van der Waals surface area contributed by atoms with Gasteiger partial charge in [0.05, 0.1) is 18.6 Å². The topological polar surface area (TPSA) is 61.8 Å². The Morgan fingerprint density at radius 3 is 2.43 bits per heavy atom. The summed E-state index contributed by atoms with van der Waals surface area (Å²) in [6, 6.07) is 21.5. The smallest absolute Gasteiger partial charge is 0.315 e. The molecule has 0 spiro atoms. The Morgan fingerprint density at radius 2 is 1.70 bits per heavy atom. The van der Waals surface area contributed by atoms with Crippen LogP contribution in [-0.2, 0) is 11.2 Å². The number of allylic oxidation sites excluding steroid dienone is 1. The minimum atomic E-state index is -0.379. The maximum atomic E-state index is 12.6. The summed E-state index contributed by atoms with van der Waals surface area (Å²) < 4.78 is 16.6. The van der Waals surface area contributed by atoms with Crippen LogP contribution in [0.1, 0.15) is 28.4 Å². The van der Waals surface area contributed by atoms with Crippen LogP contribution in [0, 0.1) is 0 Å². The fourth-order valence-electron chi connectivity index (χ4n) is 3.14. The van der Waals surface area contributed by atoms with Gasteiger partial charge in [-0.15, -0.1) is 0 Å². The van der Waals surface area contributed by atoms with E-state index >= 15 is 0 Å². The lowest BCUT2D eigenvalue weighted by Gasteiger charge is -2.06. The van der Waals surface area contributed by atoms with Crippen LogP contribution < -0.4 is 14.2 Å². The molecule has 0 saturated heterocycles. The minimum absolute atomic E-state index is 0.167. The van der Waals surface area contributed by atoms with Crippen molar-refractivity contribution in [2.24, 2.45) is 0 Å². The van der Waals surface area contributed by atoms with Crippen molar-refractivity contribution in [1.82, 2.24) is 0 Å². The number of rotatable bonds is 6. The Morgan fingerprint density at radius 1 is 0.967 bits per heavy atom. The molecule has 0 amide bonds. The number of carbonyl (C=O) groups is 2. The van der Waals surface area contributed by atoms with Crippen molar-refractivity contribution in [3.05, 3.63) is 95.2 Å². The highest BCUT2D eigenvalue weighted by atomic mass is 16.5. The molecule has 0 bridgehead atoms. The van der Waals surface area contributed by atoms with Crippen molar-refractivity contribution < 1.29 is 23.8 Å². The van der Waals surface area contributed by atoms with Crippen LogP contribution >= 0.6 is 0 Å². The van der Waals surface area contributed by atoms with Crippen molar-refractivity contribution >= 4 is 17.8 Å². The third-order valence-corrected chi connectivity index (χ3v) is 4.55. The molecule has 1 aliphatic heterocycles. The lowest BCUT2D eigenvalue weighted by molar-refractivity contribution is -0.133. The summed E-state index contributed by atoms with van der Waals surface area (Å²) in [7, 11) is 0. The van der Waals surface area contributed by atoms with Gasteiger partial charge < -0.3 is 14.2 Å². The summed E-state index contributed by atoms with van der Waals surface area (Å²) >= 11 is 0. The highest BCUT2D eigenvalue weighted by molar-refractivity contribution is 6.14. The van der Waals surface area contributed by atoms with Crippen LogP contribution in [-0.4, -0.2) is 18.4 Å². The van der Waals surface area contributed by atoms with Gasteiger partial charge in [0.15, 0.2) is 5.76 Å². The van der Waals surface area contributed by atoms with Gasteiger partial charge in [0.25, 0.3) is 0 Å². The zero-order valence-electron chi connectivity index (χ0n) is 16.5. The first kappa shape index (κ1) is 19.5. The SMILES string of the molecule is CCOc1ccc(/C=C2\Oc3cc(OC(=O)Cc4ccccc4)ccc3C2=O)cc1. The van der Waals surface area contributed by atoms with E-state index in [9.17, 15) is 9.59 Å². The summed E-state index contributed by atoms with van der Waals surface area (Å²) in [5.74, 6) is 1.12. The van der Waals surface area contributed by atoms with Crippen LogP contribution in [0.3, 0.4) is 0 Å². The van der Waals surface area contributed by atoms with E-state index in [0.29, 0.717) is 23.7 Å². The quantitative estimate of drug-likeness (QED) is 0.336. The van der Waals surface area contributed by atoms with Crippen LogP contribution in [0.15, 0.2) is 78.6 Å². The largest absolute Gasteiger partial charge is 0.494 e. The van der Waals surface area contributed by atoms with Gasteiger partial charge >= 0.3 is 5.97 Å². The van der Waals surface area contributed by atoms with Gasteiger partial charge in [0.2, 0.25) is 5.78 Å².